The minimum absolute atomic E-state index is 0.140. The van der Waals surface area contributed by atoms with Crippen LogP contribution in [0.5, 0.6) is 0 Å². The van der Waals surface area contributed by atoms with E-state index in [1.165, 1.54) is 0 Å². The normalized spacial score (nSPS) is 18.0. The maximum atomic E-state index is 5.22. The van der Waals surface area contributed by atoms with Crippen LogP contribution in [0.2, 0.25) is 0 Å². The SMILES string of the molecule is Cc1noc([C@H](C)N2CCn3ccnc3C2)n1. The van der Waals surface area contributed by atoms with Gasteiger partial charge in [0.05, 0.1) is 12.6 Å². The molecule has 0 amide bonds. The van der Waals surface area contributed by atoms with Gasteiger partial charge < -0.3 is 9.09 Å². The zero-order chi connectivity index (χ0) is 11.8. The van der Waals surface area contributed by atoms with Gasteiger partial charge in [-0.05, 0) is 13.8 Å². The first kappa shape index (κ1) is 10.5. The number of imidazole rings is 1. The van der Waals surface area contributed by atoms with Crippen LogP contribution in [0, 0.1) is 6.92 Å². The Morgan fingerprint density at radius 1 is 1.41 bits per heavy atom. The van der Waals surface area contributed by atoms with Crippen LogP contribution < -0.4 is 0 Å². The number of hydrogen-bond acceptors (Lipinski definition) is 5. The predicted octanol–water partition coefficient (Wildman–Crippen LogP) is 1.15. The van der Waals surface area contributed by atoms with Gasteiger partial charge in [0.25, 0.3) is 0 Å². The van der Waals surface area contributed by atoms with Crippen molar-refractivity contribution in [2.24, 2.45) is 0 Å². The summed E-state index contributed by atoms with van der Waals surface area (Å²) in [6, 6.07) is 0.140. The van der Waals surface area contributed by atoms with Gasteiger partial charge in [0.15, 0.2) is 5.82 Å². The molecule has 0 aliphatic carbocycles. The van der Waals surface area contributed by atoms with E-state index in [0.29, 0.717) is 11.7 Å². The molecule has 2 aromatic heterocycles. The van der Waals surface area contributed by atoms with Crippen molar-refractivity contribution in [1.29, 1.82) is 0 Å². The highest BCUT2D eigenvalue weighted by atomic mass is 16.5. The molecule has 1 aliphatic rings. The highest BCUT2D eigenvalue weighted by molar-refractivity contribution is 4.99. The number of fused-ring (bicyclic) bond motifs is 1. The fourth-order valence-electron chi connectivity index (χ4n) is 2.16. The summed E-state index contributed by atoms with van der Waals surface area (Å²) in [5, 5.41) is 3.83. The summed E-state index contributed by atoms with van der Waals surface area (Å²) in [6.07, 6.45) is 3.87. The zero-order valence-corrected chi connectivity index (χ0v) is 10.00. The number of aromatic nitrogens is 4. The van der Waals surface area contributed by atoms with E-state index in [1.54, 1.807) is 0 Å². The number of aryl methyl sites for hydroxylation is 1. The molecule has 1 atom stereocenters. The summed E-state index contributed by atoms with van der Waals surface area (Å²) in [5.74, 6) is 2.47. The standard InChI is InChI=1S/C11H15N5O/c1-8(11-13-9(2)14-17-11)16-6-5-15-4-3-12-10(15)7-16/h3-4,8H,5-7H2,1-2H3/t8-/m0/s1. The molecule has 1 aliphatic heterocycles. The lowest BCUT2D eigenvalue weighted by atomic mass is 10.2. The number of nitrogens with zero attached hydrogens (tertiary/aromatic N) is 5. The third kappa shape index (κ3) is 1.84. The topological polar surface area (TPSA) is 60.0 Å². The second-order valence-corrected chi connectivity index (χ2v) is 4.36. The summed E-state index contributed by atoms with van der Waals surface area (Å²) >= 11 is 0. The molecule has 0 N–H and O–H groups in total. The Kier molecular flexibility index (Phi) is 2.44. The molecular formula is C11H15N5O. The molecule has 3 rings (SSSR count). The number of rotatable bonds is 2. The Bertz CT molecular complexity index is 517. The monoisotopic (exact) mass is 233 g/mol. The van der Waals surface area contributed by atoms with Crippen molar-refractivity contribution in [3.63, 3.8) is 0 Å². The lowest BCUT2D eigenvalue weighted by Crippen LogP contribution is -2.35. The molecular weight excluding hydrogens is 218 g/mol. The third-order valence-corrected chi connectivity index (χ3v) is 3.22. The maximum absolute atomic E-state index is 5.22. The summed E-state index contributed by atoms with van der Waals surface area (Å²) in [5.41, 5.74) is 0. The van der Waals surface area contributed by atoms with Crippen LogP contribution in [-0.2, 0) is 13.1 Å². The molecule has 3 heterocycles. The Labute approximate surface area is 99.3 Å². The van der Waals surface area contributed by atoms with Crippen molar-refractivity contribution in [1.82, 2.24) is 24.6 Å². The van der Waals surface area contributed by atoms with Crippen molar-refractivity contribution in [2.45, 2.75) is 33.0 Å². The zero-order valence-electron chi connectivity index (χ0n) is 10.00. The van der Waals surface area contributed by atoms with E-state index in [-0.39, 0.29) is 6.04 Å². The van der Waals surface area contributed by atoms with Gasteiger partial charge in [0, 0.05) is 25.5 Å². The lowest BCUT2D eigenvalue weighted by Gasteiger charge is -2.30. The predicted molar refractivity (Wildman–Crippen MR) is 60.1 cm³/mol. The summed E-state index contributed by atoms with van der Waals surface area (Å²) in [7, 11) is 0. The van der Waals surface area contributed by atoms with Crippen LogP contribution in [-0.4, -0.2) is 31.1 Å². The third-order valence-electron chi connectivity index (χ3n) is 3.22. The second kappa shape index (κ2) is 3.96. The fourth-order valence-corrected chi connectivity index (χ4v) is 2.16. The molecule has 0 aromatic carbocycles. The minimum Gasteiger partial charge on any atom is -0.338 e. The molecule has 0 unspecified atom stereocenters. The van der Waals surface area contributed by atoms with Crippen LogP contribution >= 0.6 is 0 Å². The summed E-state index contributed by atoms with van der Waals surface area (Å²) in [4.78, 5) is 10.9. The molecule has 0 fully saturated rings. The average Bonchev–Trinajstić information content (AvgIpc) is 2.95. The van der Waals surface area contributed by atoms with Gasteiger partial charge in [0.1, 0.15) is 5.82 Å². The van der Waals surface area contributed by atoms with Gasteiger partial charge in [-0.25, -0.2) is 4.98 Å². The first-order valence-electron chi connectivity index (χ1n) is 5.78. The first-order valence-corrected chi connectivity index (χ1v) is 5.78. The van der Waals surface area contributed by atoms with E-state index in [0.717, 1.165) is 25.5 Å². The van der Waals surface area contributed by atoms with Crippen molar-refractivity contribution in [2.75, 3.05) is 6.54 Å². The number of hydrogen-bond donors (Lipinski definition) is 0. The molecule has 0 saturated heterocycles. The average molecular weight is 233 g/mol. The quantitative estimate of drug-likeness (QED) is 0.778. The Balaban J connectivity index is 1.78. The van der Waals surface area contributed by atoms with E-state index in [1.807, 2.05) is 19.3 Å². The van der Waals surface area contributed by atoms with Gasteiger partial charge in [-0.2, -0.15) is 4.98 Å². The van der Waals surface area contributed by atoms with Gasteiger partial charge >= 0.3 is 0 Å². The van der Waals surface area contributed by atoms with Gasteiger partial charge in [-0.3, -0.25) is 4.90 Å². The molecule has 2 aromatic rings. The molecule has 0 saturated carbocycles. The van der Waals surface area contributed by atoms with Crippen molar-refractivity contribution >= 4 is 0 Å². The van der Waals surface area contributed by atoms with Gasteiger partial charge in [-0.1, -0.05) is 5.16 Å². The molecule has 90 valence electrons. The Morgan fingerprint density at radius 3 is 3.06 bits per heavy atom. The second-order valence-electron chi connectivity index (χ2n) is 4.36. The van der Waals surface area contributed by atoms with Crippen LogP contribution in [0.1, 0.15) is 30.5 Å². The molecule has 6 nitrogen and oxygen atoms in total. The van der Waals surface area contributed by atoms with E-state index in [4.69, 9.17) is 4.52 Å². The molecule has 0 spiro atoms. The highest BCUT2D eigenvalue weighted by Gasteiger charge is 2.25. The van der Waals surface area contributed by atoms with E-state index >= 15 is 0 Å². The molecule has 6 heteroatoms. The fraction of sp³-hybridized carbons (Fsp3) is 0.545. The van der Waals surface area contributed by atoms with E-state index < -0.39 is 0 Å². The first-order chi connectivity index (χ1) is 8.24. The smallest absolute Gasteiger partial charge is 0.243 e. The molecule has 0 radical (unpaired) electrons. The molecule has 0 bridgehead atoms. The maximum Gasteiger partial charge on any atom is 0.243 e. The van der Waals surface area contributed by atoms with Crippen LogP contribution in [0.15, 0.2) is 16.9 Å². The highest BCUT2D eigenvalue weighted by Crippen LogP contribution is 2.22. The minimum atomic E-state index is 0.140. The van der Waals surface area contributed by atoms with Crippen molar-refractivity contribution < 1.29 is 4.52 Å². The van der Waals surface area contributed by atoms with E-state index in [9.17, 15) is 0 Å². The summed E-state index contributed by atoms with van der Waals surface area (Å²) < 4.78 is 7.40. The van der Waals surface area contributed by atoms with Gasteiger partial charge in [-0.15, -0.1) is 0 Å². The molecule has 17 heavy (non-hydrogen) atoms. The Hall–Kier alpha value is -1.69. The van der Waals surface area contributed by atoms with Gasteiger partial charge in [0.2, 0.25) is 5.89 Å². The largest absolute Gasteiger partial charge is 0.338 e. The van der Waals surface area contributed by atoms with Crippen molar-refractivity contribution in [3.8, 4) is 0 Å². The van der Waals surface area contributed by atoms with Crippen LogP contribution in [0.4, 0.5) is 0 Å². The van der Waals surface area contributed by atoms with Crippen LogP contribution in [0.3, 0.4) is 0 Å². The van der Waals surface area contributed by atoms with Crippen molar-refractivity contribution in [3.05, 3.63) is 29.9 Å². The Morgan fingerprint density at radius 2 is 2.29 bits per heavy atom. The van der Waals surface area contributed by atoms with E-state index in [2.05, 4.69) is 31.5 Å². The van der Waals surface area contributed by atoms with Crippen LogP contribution in [0.25, 0.3) is 0 Å². The lowest BCUT2D eigenvalue weighted by molar-refractivity contribution is 0.136. The summed E-state index contributed by atoms with van der Waals surface area (Å²) in [6.45, 7) is 6.70.